The molecular weight excluding hydrogens is 275 g/mol. The minimum Gasteiger partial charge on any atom is -0.243 e. The first-order valence-corrected chi connectivity index (χ1v) is 6.39. The van der Waals surface area contributed by atoms with Gasteiger partial charge in [0.05, 0.1) is 10.5 Å². The molecule has 0 aliphatic carbocycles. The molecule has 0 fully saturated rings. The first-order chi connectivity index (χ1) is 8.86. The van der Waals surface area contributed by atoms with E-state index in [0.29, 0.717) is 17.3 Å². The normalized spacial score (nSPS) is 12.1. The average molecular weight is 288 g/mol. The average Bonchev–Trinajstić information content (AvgIpc) is 2.33. The van der Waals surface area contributed by atoms with Crippen LogP contribution in [0.2, 0.25) is 5.02 Å². The Bertz CT molecular complexity index is 620. The molecule has 1 aromatic heterocycles. The molecule has 0 radical (unpaired) electrons. The van der Waals surface area contributed by atoms with Gasteiger partial charge in [-0.05, 0) is 24.5 Å². The number of para-hydroxylation sites is 1. The fraction of sp³-hybridized carbons (Fsp3) is 0.357. The topological polar surface area (TPSA) is 12.9 Å². The van der Waals surface area contributed by atoms with E-state index >= 15 is 0 Å². The second-order valence-corrected chi connectivity index (χ2v) is 4.84. The number of nitrogens with zero attached hydrogens (tertiary/aromatic N) is 1. The van der Waals surface area contributed by atoms with Gasteiger partial charge in [0.1, 0.15) is 5.69 Å². The summed E-state index contributed by atoms with van der Waals surface area (Å²) in [5.41, 5.74) is 0.239. The van der Waals surface area contributed by atoms with Crippen molar-refractivity contribution in [2.45, 2.75) is 32.9 Å². The summed E-state index contributed by atoms with van der Waals surface area (Å²) in [6.45, 7) is 3.32. The highest BCUT2D eigenvalue weighted by molar-refractivity contribution is 6.36. The predicted octanol–water partition coefficient (Wildman–Crippen LogP) is 5.17. The predicted molar refractivity (Wildman–Crippen MR) is 70.5 cm³/mol. The van der Waals surface area contributed by atoms with E-state index < -0.39 is 11.9 Å². The number of aryl methyl sites for hydroxylation is 1. The van der Waals surface area contributed by atoms with Gasteiger partial charge in [-0.2, -0.15) is 13.2 Å². The van der Waals surface area contributed by atoms with Gasteiger partial charge in [0.15, 0.2) is 0 Å². The first-order valence-electron chi connectivity index (χ1n) is 6.01. The van der Waals surface area contributed by atoms with Crippen molar-refractivity contribution in [3.8, 4) is 0 Å². The number of halogens is 4. The molecule has 0 aliphatic rings. The van der Waals surface area contributed by atoms with Crippen LogP contribution in [0, 0.1) is 6.92 Å². The van der Waals surface area contributed by atoms with Gasteiger partial charge < -0.3 is 0 Å². The van der Waals surface area contributed by atoms with Crippen LogP contribution in [0.4, 0.5) is 13.2 Å². The van der Waals surface area contributed by atoms with E-state index in [4.69, 9.17) is 11.6 Å². The Labute approximate surface area is 114 Å². The molecule has 19 heavy (non-hydrogen) atoms. The summed E-state index contributed by atoms with van der Waals surface area (Å²) in [4.78, 5) is 3.82. The third-order valence-corrected chi connectivity index (χ3v) is 3.54. The van der Waals surface area contributed by atoms with Crippen molar-refractivity contribution in [2.24, 2.45) is 0 Å². The molecule has 0 atom stereocenters. The van der Waals surface area contributed by atoms with Gasteiger partial charge in [-0.15, -0.1) is 0 Å². The Balaban J connectivity index is 2.82. The van der Waals surface area contributed by atoms with E-state index in [2.05, 4.69) is 4.98 Å². The van der Waals surface area contributed by atoms with E-state index in [9.17, 15) is 13.2 Å². The third-order valence-electron chi connectivity index (χ3n) is 3.05. The largest absolute Gasteiger partial charge is 0.433 e. The highest BCUT2D eigenvalue weighted by Gasteiger charge is 2.36. The lowest BCUT2D eigenvalue weighted by molar-refractivity contribution is -0.141. The van der Waals surface area contributed by atoms with Crippen LogP contribution in [0.15, 0.2) is 18.2 Å². The molecule has 0 saturated heterocycles. The highest BCUT2D eigenvalue weighted by Crippen LogP contribution is 2.37. The van der Waals surface area contributed by atoms with E-state index in [1.54, 1.807) is 18.2 Å². The number of benzene rings is 1. The van der Waals surface area contributed by atoms with Crippen LogP contribution in [0.5, 0.6) is 0 Å². The van der Waals surface area contributed by atoms with Crippen molar-refractivity contribution >= 4 is 22.5 Å². The molecule has 0 spiro atoms. The van der Waals surface area contributed by atoms with Crippen LogP contribution < -0.4 is 0 Å². The standard InChI is InChI=1S/C14H13ClF3N/c1-3-5-9-6-4-7-10-11(15)8(2)13(14(16,17)18)19-12(9)10/h4,6-7H,3,5H2,1-2H3. The van der Waals surface area contributed by atoms with Crippen LogP contribution >= 0.6 is 11.6 Å². The number of fused-ring (bicyclic) bond motifs is 1. The fourth-order valence-electron chi connectivity index (χ4n) is 2.15. The van der Waals surface area contributed by atoms with Crippen LogP contribution in [0.3, 0.4) is 0 Å². The maximum absolute atomic E-state index is 13.0. The quantitative estimate of drug-likeness (QED) is 0.743. The minimum atomic E-state index is -4.48. The zero-order valence-electron chi connectivity index (χ0n) is 10.6. The van der Waals surface area contributed by atoms with E-state index in [1.807, 2.05) is 6.92 Å². The Hall–Kier alpha value is -1.29. The fourth-order valence-corrected chi connectivity index (χ4v) is 2.39. The van der Waals surface area contributed by atoms with Gasteiger partial charge in [0.25, 0.3) is 0 Å². The number of rotatable bonds is 2. The van der Waals surface area contributed by atoms with Gasteiger partial charge in [0.2, 0.25) is 0 Å². The minimum absolute atomic E-state index is 0.0182. The van der Waals surface area contributed by atoms with E-state index in [0.717, 1.165) is 12.0 Å². The zero-order chi connectivity index (χ0) is 14.2. The number of pyridine rings is 1. The van der Waals surface area contributed by atoms with Crippen molar-refractivity contribution in [3.05, 3.63) is 40.0 Å². The zero-order valence-corrected chi connectivity index (χ0v) is 11.4. The molecule has 2 rings (SSSR count). The Morgan fingerprint density at radius 2 is 1.95 bits per heavy atom. The van der Waals surface area contributed by atoms with Crippen LogP contribution in [-0.4, -0.2) is 4.98 Å². The number of hydrogen-bond donors (Lipinski definition) is 0. The number of hydrogen-bond acceptors (Lipinski definition) is 1. The van der Waals surface area contributed by atoms with Crippen LogP contribution in [0.25, 0.3) is 10.9 Å². The smallest absolute Gasteiger partial charge is 0.243 e. The molecule has 0 N–H and O–H groups in total. The van der Waals surface area contributed by atoms with E-state index in [1.165, 1.54) is 6.92 Å². The second kappa shape index (κ2) is 5.00. The molecule has 1 heterocycles. The second-order valence-electron chi connectivity index (χ2n) is 4.46. The summed E-state index contributed by atoms with van der Waals surface area (Å²) < 4.78 is 38.9. The maximum atomic E-state index is 13.0. The van der Waals surface area contributed by atoms with Gasteiger partial charge in [-0.3, -0.25) is 0 Å². The lowest BCUT2D eigenvalue weighted by atomic mass is 10.0. The molecule has 1 nitrogen and oxygen atoms in total. The summed E-state index contributed by atoms with van der Waals surface area (Å²) in [5, 5.41) is 0.716. The molecule has 0 unspecified atom stereocenters. The van der Waals surface area contributed by atoms with Gasteiger partial charge in [0, 0.05) is 5.39 Å². The van der Waals surface area contributed by atoms with Gasteiger partial charge >= 0.3 is 6.18 Å². The van der Waals surface area contributed by atoms with E-state index in [-0.39, 0.29) is 10.6 Å². The monoisotopic (exact) mass is 287 g/mol. The molecule has 102 valence electrons. The Morgan fingerprint density at radius 3 is 2.53 bits per heavy atom. The molecule has 0 bridgehead atoms. The molecule has 5 heteroatoms. The third kappa shape index (κ3) is 2.54. The van der Waals surface area contributed by atoms with Crippen molar-refractivity contribution in [1.82, 2.24) is 4.98 Å². The summed E-state index contributed by atoms with van der Waals surface area (Å²) in [7, 11) is 0. The van der Waals surface area contributed by atoms with Gasteiger partial charge in [-0.25, -0.2) is 4.98 Å². The van der Waals surface area contributed by atoms with Gasteiger partial charge in [-0.1, -0.05) is 43.1 Å². The van der Waals surface area contributed by atoms with Crippen molar-refractivity contribution < 1.29 is 13.2 Å². The highest BCUT2D eigenvalue weighted by atomic mass is 35.5. The first kappa shape index (κ1) is 14.1. The van der Waals surface area contributed by atoms with Crippen molar-refractivity contribution in [2.75, 3.05) is 0 Å². The lowest BCUT2D eigenvalue weighted by Crippen LogP contribution is -2.11. The van der Waals surface area contributed by atoms with Crippen molar-refractivity contribution in [1.29, 1.82) is 0 Å². The molecular formula is C14H13ClF3N. The Morgan fingerprint density at radius 1 is 1.26 bits per heavy atom. The maximum Gasteiger partial charge on any atom is 0.433 e. The summed E-state index contributed by atoms with van der Waals surface area (Å²) >= 11 is 6.07. The van der Waals surface area contributed by atoms with Crippen LogP contribution in [0.1, 0.15) is 30.2 Å². The molecule has 0 amide bonds. The summed E-state index contributed by atoms with van der Waals surface area (Å²) in [6.07, 6.45) is -2.96. The molecule has 0 aliphatic heterocycles. The molecule has 2 aromatic rings. The summed E-state index contributed by atoms with van der Waals surface area (Å²) in [5.74, 6) is 0. The van der Waals surface area contributed by atoms with Crippen LogP contribution in [-0.2, 0) is 12.6 Å². The number of aromatic nitrogens is 1. The molecule has 1 aromatic carbocycles. The number of alkyl halides is 3. The van der Waals surface area contributed by atoms with Crippen molar-refractivity contribution in [3.63, 3.8) is 0 Å². The lowest BCUT2D eigenvalue weighted by Gasteiger charge is -2.14. The SMILES string of the molecule is CCCc1cccc2c(Cl)c(C)c(C(F)(F)F)nc12. The summed E-state index contributed by atoms with van der Waals surface area (Å²) in [6, 6.07) is 5.30. The Kier molecular flexibility index (Phi) is 3.72. The molecule has 0 saturated carbocycles.